The molecule has 0 aromatic heterocycles. The molecule has 7 aromatic rings. The first-order valence-corrected chi connectivity index (χ1v) is 31.5. The molecule has 2 heterocycles. The molecule has 0 amide bonds. The van der Waals surface area contributed by atoms with Crippen LogP contribution in [0.15, 0.2) is 160 Å². The van der Waals surface area contributed by atoms with E-state index in [9.17, 15) is 25.3 Å². The second-order valence-electron chi connectivity index (χ2n) is 20.4. The molecule has 3 aliphatic rings. The fourth-order valence-electron chi connectivity index (χ4n) is 10.2. The zero-order valence-electron chi connectivity index (χ0n) is 45.8. The van der Waals surface area contributed by atoms with Crippen molar-refractivity contribution >= 4 is 30.1 Å². The van der Waals surface area contributed by atoms with Gasteiger partial charge in [-0.15, -0.1) is 0 Å². The second-order valence-corrected chi connectivity index (χ2v) is 26.2. The van der Waals surface area contributed by atoms with Crippen molar-refractivity contribution in [2.45, 2.75) is 87.8 Å². The van der Waals surface area contributed by atoms with Gasteiger partial charge in [-0.2, -0.15) is 12.9 Å². The van der Waals surface area contributed by atoms with Crippen molar-refractivity contribution in [3.05, 3.63) is 207 Å². The number of ether oxygens (including phenoxy) is 4. The molecule has 7 aromatic carbocycles. The molecule has 0 N–H and O–H groups in total. The minimum atomic E-state index is -4.36. The Morgan fingerprint density at radius 3 is 0.886 bits per heavy atom. The summed E-state index contributed by atoms with van der Waals surface area (Å²) >= 11 is 0. The predicted molar refractivity (Wildman–Crippen MR) is 309 cm³/mol. The Labute approximate surface area is 467 Å². The van der Waals surface area contributed by atoms with Crippen LogP contribution in [0.2, 0.25) is 0 Å². The van der Waals surface area contributed by atoms with Crippen molar-refractivity contribution in [3.8, 4) is 23.0 Å². The number of sulfonamides is 3. The summed E-state index contributed by atoms with van der Waals surface area (Å²) in [5.41, 5.74) is 9.81. The Kier molecular flexibility index (Phi) is 18.3. The summed E-state index contributed by atoms with van der Waals surface area (Å²) in [6, 6.07) is 44.0. The van der Waals surface area contributed by atoms with Crippen LogP contribution in [0.5, 0.6) is 23.0 Å². The number of benzene rings is 7. The van der Waals surface area contributed by atoms with Crippen LogP contribution in [-0.4, -0.2) is 104 Å². The number of para-hydroxylation sites is 4. The Morgan fingerprint density at radius 2 is 0.620 bits per heavy atom. The number of nitrogens with zero attached hydrogens (tertiary/aromatic N) is 3. The highest BCUT2D eigenvalue weighted by atomic mass is 32.2. The van der Waals surface area contributed by atoms with Crippen LogP contribution >= 0.6 is 0 Å². The normalized spacial score (nSPS) is 15.6. The average molecular weight is 1130 g/mol. The fraction of sp³-hybridized carbons (Fsp3) is 0.333. The summed E-state index contributed by atoms with van der Waals surface area (Å²) in [7, 11) is -12.9. The molecule has 0 saturated heterocycles. The molecule has 1 aliphatic carbocycles. The van der Waals surface area contributed by atoms with Gasteiger partial charge in [0.25, 0.3) is 0 Å². The van der Waals surface area contributed by atoms with E-state index in [0.29, 0.717) is 50.4 Å². The first-order chi connectivity index (χ1) is 38.1. The number of fused-ring (bicyclic) bond motifs is 12. The van der Waals surface area contributed by atoms with Crippen molar-refractivity contribution in [2.75, 3.05) is 65.7 Å². The van der Waals surface area contributed by atoms with E-state index in [0.717, 1.165) is 85.5 Å². The highest BCUT2D eigenvalue weighted by Gasteiger charge is 2.33. The molecule has 16 heteroatoms. The van der Waals surface area contributed by atoms with Crippen LogP contribution in [0.4, 0.5) is 0 Å². The molecule has 13 nitrogen and oxygen atoms in total. The molecular formula is C63H71N3O10S3. The smallest absolute Gasteiger partial charge is 0.243 e. The third kappa shape index (κ3) is 13.2. The van der Waals surface area contributed by atoms with Crippen LogP contribution < -0.4 is 18.9 Å². The van der Waals surface area contributed by atoms with Gasteiger partial charge in [-0.05, 0) is 115 Å². The zero-order valence-corrected chi connectivity index (χ0v) is 48.3. The van der Waals surface area contributed by atoms with Gasteiger partial charge in [0, 0.05) is 65.0 Å². The first kappa shape index (κ1) is 57.2. The lowest BCUT2D eigenvalue weighted by atomic mass is 9.91. The Balaban J connectivity index is 1.25. The van der Waals surface area contributed by atoms with Crippen molar-refractivity contribution in [3.63, 3.8) is 0 Å². The molecule has 10 bridgehead atoms. The predicted octanol–water partition coefficient (Wildman–Crippen LogP) is 10.7. The van der Waals surface area contributed by atoms with Gasteiger partial charge >= 0.3 is 0 Å². The van der Waals surface area contributed by atoms with Gasteiger partial charge in [-0.25, -0.2) is 25.3 Å². The number of hydrogen-bond acceptors (Lipinski definition) is 10. The number of hydrogen-bond donors (Lipinski definition) is 0. The summed E-state index contributed by atoms with van der Waals surface area (Å²) in [4.78, 5) is 0.0613. The minimum Gasteiger partial charge on any atom is -0.493 e. The lowest BCUT2D eigenvalue weighted by molar-refractivity contribution is 0.247. The van der Waals surface area contributed by atoms with Crippen LogP contribution in [-0.2, 0) is 55.8 Å². The molecule has 0 radical (unpaired) electrons. The molecule has 79 heavy (non-hydrogen) atoms. The first-order valence-electron chi connectivity index (χ1n) is 27.2. The maximum Gasteiger partial charge on any atom is 0.243 e. The molecule has 0 spiro atoms. The van der Waals surface area contributed by atoms with E-state index in [1.165, 1.54) is 25.0 Å². The maximum absolute atomic E-state index is 15.0. The van der Waals surface area contributed by atoms with E-state index >= 15 is 0 Å². The molecule has 10 rings (SSSR count). The summed E-state index contributed by atoms with van der Waals surface area (Å²) in [6.45, 7) is 8.98. The van der Waals surface area contributed by atoms with E-state index in [4.69, 9.17) is 18.9 Å². The van der Waals surface area contributed by atoms with Gasteiger partial charge in [0.1, 0.15) is 36.2 Å². The third-order valence-corrected chi connectivity index (χ3v) is 20.2. The van der Waals surface area contributed by atoms with E-state index in [1.54, 1.807) is 60.7 Å². The van der Waals surface area contributed by atoms with E-state index < -0.39 is 30.1 Å². The molecule has 0 atom stereocenters. The highest BCUT2D eigenvalue weighted by Crippen LogP contribution is 2.39. The summed E-state index contributed by atoms with van der Waals surface area (Å²) in [5.74, 6) is 2.70. The van der Waals surface area contributed by atoms with E-state index in [1.807, 2.05) is 69.3 Å². The monoisotopic (exact) mass is 1130 g/mol. The Hall–Kier alpha value is -6.53. The van der Waals surface area contributed by atoms with Gasteiger partial charge in [0.05, 0.1) is 27.9 Å². The molecule has 0 fully saturated rings. The van der Waals surface area contributed by atoms with Crippen LogP contribution in [0.3, 0.4) is 0 Å². The lowest BCUT2D eigenvalue weighted by Crippen LogP contribution is -2.46. The molecule has 0 unspecified atom stereocenters. The van der Waals surface area contributed by atoms with E-state index in [2.05, 4.69) is 38.1 Å². The standard InChI is InChI=1S/C63H71N3O10S3/c1-6-38-73-60-49-12-8-13-50(60)43-54-17-11-19-56-45-52-15-9-14-51(61(52)74-39-7-2)44-55-18-10-16-53(42-49)62(55)75-40-36-65(78(69,70)58-28-22-47(4)23-29-58)34-32-64(77(67,68)57-26-20-46(3)21-27-57)33-35-66(37-41-76-63(54)56)79(71,72)59-30-24-48(5)25-31-59/h8-31H,6-7,32-45H2,1-5H3. The van der Waals surface area contributed by atoms with Gasteiger partial charge in [0.2, 0.25) is 30.1 Å². The summed E-state index contributed by atoms with van der Waals surface area (Å²) < 4.78 is 121. The molecule has 416 valence electrons. The average Bonchev–Trinajstić information content (AvgIpc) is 3.44. The van der Waals surface area contributed by atoms with Gasteiger partial charge in [-0.3, -0.25) is 0 Å². The molecular weight excluding hydrogens is 1050 g/mol. The van der Waals surface area contributed by atoms with Gasteiger partial charge < -0.3 is 18.9 Å². The van der Waals surface area contributed by atoms with Gasteiger partial charge in [-0.1, -0.05) is 140 Å². The minimum absolute atomic E-state index is 0.0111. The highest BCUT2D eigenvalue weighted by molar-refractivity contribution is 7.89. The van der Waals surface area contributed by atoms with Crippen molar-refractivity contribution in [1.82, 2.24) is 12.9 Å². The molecule has 0 saturated carbocycles. The second kappa shape index (κ2) is 25.3. The zero-order chi connectivity index (χ0) is 55.7. The van der Waals surface area contributed by atoms with Crippen molar-refractivity contribution in [1.29, 1.82) is 0 Å². The van der Waals surface area contributed by atoms with Crippen molar-refractivity contribution < 1.29 is 44.2 Å². The Bertz CT molecular complexity index is 3310. The SMILES string of the molecule is CCCOc1c2cccc1Cc1cccc3c1OCCN(S(=O)(=O)c1ccc(C)cc1)CCN(S(=O)(=O)c1ccc(C)cc1)CCN(S(=O)(=O)c1ccc(C)cc1)CCOc1c(cccc1Cc1cccc(c1OCCC)C3)C2. The van der Waals surface area contributed by atoms with Gasteiger partial charge in [0.15, 0.2) is 0 Å². The fourth-order valence-corrected chi connectivity index (χ4v) is 14.5. The van der Waals surface area contributed by atoms with Crippen LogP contribution in [0, 0.1) is 20.8 Å². The lowest BCUT2D eigenvalue weighted by Gasteiger charge is -2.30. The van der Waals surface area contributed by atoms with Crippen molar-refractivity contribution in [2.24, 2.45) is 0 Å². The molecule has 2 aliphatic heterocycles. The van der Waals surface area contributed by atoms with Crippen LogP contribution in [0.1, 0.15) is 87.9 Å². The third-order valence-electron chi connectivity index (χ3n) is 14.5. The largest absolute Gasteiger partial charge is 0.493 e. The number of rotatable bonds is 12. The van der Waals surface area contributed by atoms with Crippen LogP contribution in [0.25, 0.3) is 0 Å². The summed E-state index contributed by atoms with van der Waals surface area (Å²) in [6.07, 6.45) is 3.23. The topological polar surface area (TPSA) is 149 Å². The number of aryl methyl sites for hydroxylation is 3. The summed E-state index contributed by atoms with van der Waals surface area (Å²) in [5, 5.41) is 0. The quantitative estimate of drug-likeness (QED) is 0.108. The maximum atomic E-state index is 15.0. The Morgan fingerprint density at radius 1 is 0.367 bits per heavy atom. The van der Waals surface area contributed by atoms with E-state index in [-0.39, 0.29) is 67.2 Å².